The quantitative estimate of drug-likeness (QED) is 0.739. The Kier molecular flexibility index (Phi) is 5.45. The molecule has 0 unspecified atom stereocenters. The number of hydrogen-bond donors (Lipinski definition) is 2. The molecular formula is C13H21N3O2. The molecule has 18 heavy (non-hydrogen) atoms. The van der Waals surface area contributed by atoms with Gasteiger partial charge in [-0.25, -0.2) is 0 Å². The summed E-state index contributed by atoms with van der Waals surface area (Å²) < 4.78 is 5.57. The average Bonchev–Trinajstić information content (AvgIpc) is 2.31. The summed E-state index contributed by atoms with van der Waals surface area (Å²) in [6.45, 7) is 3.81. The summed E-state index contributed by atoms with van der Waals surface area (Å²) in [6.07, 6.45) is 0. The SMILES string of the molecule is CCNC(=O)c1ccc(N)c(OCCN(C)C)c1. The van der Waals surface area contributed by atoms with Gasteiger partial charge in [0.05, 0.1) is 5.69 Å². The van der Waals surface area contributed by atoms with Gasteiger partial charge in [-0.2, -0.15) is 0 Å². The van der Waals surface area contributed by atoms with E-state index in [9.17, 15) is 4.79 Å². The van der Waals surface area contributed by atoms with Gasteiger partial charge in [-0.3, -0.25) is 4.79 Å². The van der Waals surface area contributed by atoms with Crippen LogP contribution in [0.2, 0.25) is 0 Å². The number of rotatable bonds is 6. The number of anilines is 1. The van der Waals surface area contributed by atoms with Crippen LogP contribution in [0, 0.1) is 0 Å². The number of hydrogen-bond acceptors (Lipinski definition) is 4. The van der Waals surface area contributed by atoms with Crippen molar-refractivity contribution in [3.8, 4) is 5.75 Å². The van der Waals surface area contributed by atoms with Gasteiger partial charge in [0.2, 0.25) is 0 Å². The average molecular weight is 251 g/mol. The zero-order valence-corrected chi connectivity index (χ0v) is 11.2. The van der Waals surface area contributed by atoms with Gasteiger partial charge in [0.15, 0.2) is 0 Å². The summed E-state index contributed by atoms with van der Waals surface area (Å²) in [6, 6.07) is 5.06. The summed E-state index contributed by atoms with van der Waals surface area (Å²) in [5.74, 6) is 0.440. The molecule has 1 aromatic carbocycles. The number of amides is 1. The van der Waals surface area contributed by atoms with Crippen molar-refractivity contribution in [1.82, 2.24) is 10.2 Å². The number of nitrogens with two attached hydrogens (primary N) is 1. The molecule has 0 spiro atoms. The van der Waals surface area contributed by atoms with Crippen molar-refractivity contribution in [2.45, 2.75) is 6.92 Å². The number of carbonyl (C=O) groups is 1. The lowest BCUT2D eigenvalue weighted by atomic mass is 10.2. The molecule has 0 fully saturated rings. The highest BCUT2D eigenvalue weighted by Crippen LogP contribution is 2.22. The number of ether oxygens (including phenoxy) is 1. The molecule has 0 aliphatic rings. The van der Waals surface area contributed by atoms with Crippen LogP contribution in [-0.2, 0) is 0 Å². The van der Waals surface area contributed by atoms with Crippen molar-refractivity contribution < 1.29 is 9.53 Å². The Labute approximate surface area is 108 Å². The van der Waals surface area contributed by atoms with E-state index in [0.717, 1.165) is 6.54 Å². The van der Waals surface area contributed by atoms with E-state index in [4.69, 9.17) is 10.5 Å². The fourth-order valence-corrected chi connectivity index (χ4v) is 1.40. The third-order valence-electron chi connectivity index (χ3n) is 2.41. The number of nitrogens with zero attached hydrogens (tertiary/aromatic N) is 1. The standard InChI is InChI=1S/C13H21N3O2/c1-4-15-13(17)10-5-6-11(14)12(9-10)18-8-7-16(2)3/h5-6,9H,4,7-8,14H2,1-3H3,(H,15,17). The van der Waals surface area contributed by atoms with Gasteiger partial charge < -0.3 is 20.7 Å². The van der Waals surface area contributed by atoms with Gasteiger partial charge in [-0.05, 0) is 39.2 Å². The van der Waals surface area contributed by atoms with E-state index in [1.165, 1.54) is 0 Å². The van der Waals surface area contributed by atoms with Crippen molar-refractivity contribution in [3.05, 3.63) is 23.8 Å². The smallest absolute Gasteiger partial charge is 0.251 e. The Morgan fingerprint density at radius 2 is 2.17 bits per heavy atom. The predicted molar refractivity (Wildman–Crippen MR) is 72.9 cm³/mol. The van der Waals surface area contributed by atoms with Gasteiger partial charge in [0.1, 0.15) is 12.4 Å². The lowest BCUT2D eigenvalue weighted by Crippen LogP contribution is -2.23. The summed E-state index contributed by atoms with van der Waals surface area (Å²) in [7, 11) is 3.94. The van der Waals surface area contributed by atoms with E-state index in [1.54, 1.807) is 18.2 Å². The zero-order chi connectivity index (χ0) is 13.5. The number of carbonyl (C=O) groups excluding carboxylic acids is 1. The van der Waals surface area contributed by atoms with Crippen LogP contribution < -0.4 is 15.8 Å². The highest BCUT2D eigenvalue weighted by Gasteiger charge is 2.08. The van der Waals surface area contributed by atoms with Gasteiger partial charge in [0, 0.05) is 18.7 Å². The number of nitrogens with one attached hydrogen (secondary N) is 1. The predicted octanol–water partition coefficient (Wildman–Crippen LogP) is 0.959. The van der Waals surface area contributed by atoms with E-state index >= 15 is 0 Å². The van der Waals surface area contributed by atoms with Crippen molar-refractivity contribution in [2.24, 2.45) is 0 Å². The monoisotopic (exact) mass is 251 g/mol. The minimum atomic E-state index is -0.116. The normalized spacial score (nSPS) is 10.4. The molecule has 100 valence electrons. The maximum atomic E-state index is 11.7. The molecule has 1 amide bonds. The fraction of sp³-hybridized carbons (Fsp3) is 0.462. The van der Waals surface area contributed by atoms with E-state index in [0.29, 0.717) is 30.2 Å². The van der Waals surface area contributed by atoms with Gasteiger partial charge in [-0.1, -0.05) is 0 Å². The molecule has 0 atom stereocenters. The number of nitrogen functional groups attached to an aromatic ring is 1. The second kappa shape index (κ2) is 6.86. The van der Waals surface area contributed by atoms with Gasteiger partial charge in [0.25, 0.3) is 5.91 Å². The molecule has 3 N–H and O–H groups in total. The van der Waals surface area contributed by atoms with Crippen LogP contribution in [0.3, 0.4) is 0 Å². The molecule has 0 heterocycles. The fourth-order valence-electron chi connectivity index (χ4n) is 1.40. The number of likely N-dealkylation sites (N-methyl/N-ethyl adjacent to an activating group) is 1. The molecule has 0 bridgehead atoms. The highest BCUT2D eigenvalue weighted by atomic mass is 16.5. The van der Waals surface area contributed by atoms with Gasteiger partial charge in [-0.15, -0.1) is 0 Å². The third-order valence-corrected chi connectivity index (χ3v) is 2.41. The number of benzene rings is 1. The second-order valence-corrected chi connectivity index (χ2v) is 4.26. The maximum Gasteiger partial charge on any atom is 0.251 e. The first-order chi connectivity index (χ1) is 8.54. The van der Waals surface area contributed by atoms with Crippen LogP contribution >= 0.6 is 0 Å². The summed E-state index contributed by atoms with van der Waals surface area (Å²) in [4.78, 5) is 13.7. The van der Waals surface area contributed by atoms with Crippen LogP contribution in [0.1, 0.15) is 17.3 Å². The molecule has 0 aromatic heterocycles. The Balaban J connectivity index is 2.71. The highest BCUT2D eigenvalue weighted by molar-refractivity contribution is 5.95. The molecule has 1 rings (SSSR count). The van der Waals surface area contributed by atoms with Crippen LogP contribution in [0.25, 0.3) is 0 Å². The van der Waals surface area contributed by atoms with Crippen LogP contribution in [0.4, 0.5) is 5.69 Å². The van der Waals surface area contributed by atoms with E-state index in [1.807, 2.05) is 25.9 Å². The van der Waals surface area contributed by atoms with E-state index < -0.39 is 0 Å². The minimum absolute atomic E-state index is 0.116. The first-order valence-corrected chi connectivity index (χ1v) is 5.99. The molecule has 0 saturated heterocycles. The Hall–Kier alpha value is -1.75. The first kappa shape index (κ1) is 14.3. The molecule has 0 saturated carbocycles. The Bertz CT molecular complexity index is 405. The molecule has 0 aliphatic heterocycles. The van der Waals surface area contributed by atoms with Crippen molar-refractivity contribution in [1.29, 1.82) is 0 Å². The summed E-state index contributed by atoms with van der Waals surface area (Å²) >= 11 is 0. The van der Waals surface area contributed by atoms with Crippen molar-refractivity contribution >= 4 is 11.6 Å². The summed E-state index contributed by atoms with van der Waals surface area (Å²) in [5.41, 5.74) is 6.91. The molecule has 5 nitrogen and oxygen atoms in total. The molecule has 1 aromatic rings. The van der Waals surface area contributed by atoms with Crippen LogP contribution in [0.15, 0.2) is 18.2 Å². The molecule has 0 aliphatic carbocycles. The largest absolute Gasteiger partial charge is 0.490 e. The zero-order valence-electron chi connectivity index (χ0n) is 11.2. The Morgan fingerprint density at radius 3 is 2.78 bits per heavy atom. The summed E-state index contributed by atoms with van der Waals surface area (Å²) in [5, 5.41) is 2.74. The Morgan fingerprint density at radius 1 is 1.44 bits per heavy atom. The molecular weight excluding hydrogens is 230 g/mol. The van der Waals surface area contributed by atoms with Crippen molar-refractivity contribution in [3.63, 3.8) is 0 Å². The lowest BCUT2D eigenvalue weighted by Gasteiger charge is -2.13. The minimum Gasteiger partial charge on any atom is -0.490 e. The lowest BCUT2D eigenvalue weighted by molar-refractivity contribution is 0.0955. The maximum absolute atomic E-state index is 11.7. The molecule has 5 heteroatoms. The topological polar surface area (TPSA) is 67.6 Å². The second-order valence-electron chi connectivity index (χ2n) is 4.26. The third kappa shape index (κ3) is 4.25. The first-order valence-electron chi connectivity index (χ1n) is 5.99. The molecule has 0 radical (unpaired) electrons. The van der Waals surface area contributed by atoms with E-state index in [-0.39, 0.29) is 5.91 Å². The van der Waals surface area contributed by atoms with Crippen molar-refractivity contribution in [2.75, 3.05) is 39.5 Å². The van der Waals surface area contributed by atoms with Crippen LogP contribution in [-0.4, -0.2) is 44.6 Å². The van der Waals surface area contributed by atoms with Gasteiger partial charge >= 0.3 is 0 Å². The van der Waals surface area contributed by atoms with Crippen LogP contribution in [0.5, 0.6) is 5.75 Å². The van der Waals surface area contributed by atoms with E-state index in [2.05, 4.69) is 5.32 Å².